The van der Waals surface area contributed by atoms with Gasteiger partial charge in [0, 0.05) is 0 Å². The third-order valence-corrected chi connectivity index (χ3v) is 1.69. The van der Waals surface area contributed by atoms with Gasteiger partial charge in [0.15, 0.2) is 0 Å². The Kier molecular flexibility index (Phi) is 7.16. The summed E-state index contributed by atoms with van der Waals surface area (Å²) in [5.41, 5.74) is 0. The average molecular weight is 193 g/mol. The summed E-state index contributed by atoms with van der Waals surface area (Å²) in [5, 5.41) is 8.25. The van der Waals surface area contributed by atoms with Crippen LogP contribution in [0.1, 0.15) is 19.3 Å². The number of allylic oxidation sites excluding steroid dienone is 2. The number of esters is 1. The van der Waals surface area contributed by atoms with Crippen molar-refractivity contribution in [3.05, 3.63) is 25.3 Å². The van der Waals surface area contributed by atoms with Crippen LogP contribution in [0.4, 0.5) is 0 Å². The van der Waals surface area contributed by atoms with Crippen molar-refractivity contribution in [2.75, 3.05) is 6.61 Å². The maximum absolute atomic E-state index is 11.4. The second-order valence-corrected chi connectivity index (χ2v) is 2.82. The smallest absolute Gasteiger partial charge is 0.309 e. The van der Waals surface area contributed by atoms with Crippen molar-refractivity contribution in [1.82, 2.24) is 0 Å². The largest absolute Gasteiger partial charge is 0.464 e. The minimum absolute atomic E-state index is 0.167. The normalized spacial score (nSPS) is 9.14. The second kappa shape index (κ2) is 8.06. The van der Waals surface area contributed by atoms with Crippen LogP contribution in [0.25, 0.3) is 0 Å². The van der Waals surface area contributed by atoms with Crippen LogP contribution in [0.2, 0.25) is 0 Å². The topological polar surface area (TPSA) is 50.1 Å². The Balaban J connectivity index is 3.94. The summed E-state index contributed by atoms with van der Waals surface area (Å²) in [5.74, 6) is -0.483. The Hall–Kier alpha value is -1.56. The third kappa shape index (κ3) is 5.15. The van der Waals surface area contributed by atoms with Crippen LogP contribution in [-0.2, 0) is 9.53 Å². The fourth-order valence-electron chi connectivity index (χ4n) is 1.01. The first-order valence-corrected chi connectivity index (χ1v) is 4.51. The molecule has 3 heteroatoms. The van der Waals surface area contributed by atoms with Crippen LogP contribution >= 0.6 is 0 Å². The lowest BCUT2D eigenvalue weighted by Gasteiger charge is -2.11. The molecule has 0 aromatic heterocycles. The first-order valence-electron chi connectivity index (χ1n) is 4.51. The maximum atomic E-state index is 11.4. The van der Waals surface area contributed by atoms with E-state index in [1.54, 1.807) is 12.2 Å². The first kappa shape index (κ1) is 12.4. The molecule has 0 fully saturated rings. The molecular formula is C11H15NO2. The van der Waals surface area contributed by atoms with E-state index in [2.05, 4.69) is 13.2 Å². The van der Waals surface area contributed by atoms with Gasteiger partial charge in [-0.1, -0.05) is 12.2 Å². The van der Waals surface area contributed by atoms with Crippen LogP contribution in [-0.4, -0.2) is 12.6 Å². The van der Waals surface area contributed by atoms with Gasteiger partial charge in [-0.2, -0.15) is 5.26 Å². The van der Waals surface area contributed by atoms with Gasteiger partial charge < -0.3 is 4.74 Å². The van der Waals surface area contributed by atoms with Gasteiger partial charge in [-0.25, -0.2) is 0 Å². The standard InChI is InChI=1S/C11H15NO2/c1-3-6-10(7-4-2)11(13)14-9-5-8-12/h3-4,10H,1-2,5-7,9H2. The summed E-state index contributed by atoms with van der Waals surface area (Å²) in [6, 6.07) is 1.91. The van der Waals surface area contributed by atoms with Crippen LogP contribution in [0.5, 0.6) is 0 Å². The molecular weight excluding hydrogens is 178 g/mol. The quantitative estimate of drug-likeness (QED) is 0.354. The summed E-state index contributed by atoms with van der Waals surface area (Å²) in [6.07, 6.45) is 4.76. The van der Waals surface area contributed by atoms with Gasteiger partial charge in [0.05, 0.1) is 18.4 Å². The van der Waals surface area contributed by atoms with Gasteiger partial charge in [-0.05, 0) is 12.8 Å². The van der Waals surface area contributed by atoms with Gasteiger partial charge in [-0.15, -0.1) is 13.2 Å². The fraction of sp³-hybridized carbons (Fsp3) is 0.455. The third-order valence-electron chi connectivity index (χ3n) is 1.69. The van der Waals surface area contributed by atoms with E-state index in [-0.39, 0.29) is 24.9 Å². The van der Waals surface area contributed by atoms with Crippen LogP contribution in [0.15, 0.2) is 25.3 Å². The lowest BCUT2D eigenvalue weighted by molar-refractivity contribution is -0.148. The second-order valence-electron chi connectivity index (χ2n) is 2.82. The Morgan fingerprint density at radius 3 is 2.43 bits per heavy atom. The molecule has 0 bridgehead atoms. The van der Waals surface area contributed by atoms with E-state index in [1.165, 1.54) is 0 Å². The summed E-state index contributed by atoms with van der Waals surface area (Å²) < 4.78 is 4.89. The number of nitriles is 1. The molecule has 0 saturated carbocycles. The molecule has 76 valence electrons. The molecule has 0 aliphatic heterocycles. The Morgan fingerprint density at radius 2 is 2.00 bits per heavy atom. The van der Waals surface area contributed by atoms with E-state index >= 15 is 0 Å². The van der Waals surface area contributed by atoms with E-state index in [0.717, 1.165) is 0 Å². The predicted molar refractivity (Wildman–Crippen MR) is 54.3 cm³/mol. The average Bonchev–Trinajstić information content (AvgIpc) is 2.18. The number of nitrogens with zero attached hydrogens (tertiary/aromatic N) is 1. The molecule has 14 heavy (non-hydrogen) atoms. The van der Waals surface area contributed by atoms with Crippen molar-refractivity contribution in [1.29, 1.82) is 5.26 Å². The molecule has 0 unspecified atom stereocenters. The molecule has 0 aromatic rings. The Morgan fingerprint density at radius 1 is 1.43 bits per heavy atom. The zero-order valence-corrected chi connectivity index (χ0v) is 8.24. The highest BCUT2D eigenvalue weighted by molar-refractivity contribution is 5.72. The molecule has 0 atom stereocenters. The molecule has 0 aliphatic rings. The van der Waals surface area contributed by atoms with E-state index in [0.29, 0.717) is 12.8 Å². The molecule has 0 N–H and O–H groups in total. The maximum Gasteiger partial charge on any atom is 0.309 e. The van der Waals surface area contributed by atoms with Gasteiger partial charge in [0.1, 0.15) is 6.61 Å². The molecule has 0 aromatic carbocycles. The number of rotatable bonds is 7. The van der Waals surface area contributed by atoms with Crippen molar-refractivity contribution in [2.24, 2.45) is 5.92 Å². The van der Waals surface area contributed by atoms with Crippen LogP contribution in [0, 0.1) is 17.2 Å². The molecule has 0 spiro atoms. The molecule has 0 saturated heterocycles. The van der Waals surface area contributed by atoms with Gasteiger partial charge >= 0.3 is 5.97 Å². The minimum atomic E-state index is -0.278. The lowest BCUT2D eigenvalue weighted by Crippen LogP contribution is -2.17. The van der Waals surface area contributed by atoms with Gasteiger partial charge in [0.2, 0.25) is 0 Å². The molecule has 3 nitrogen and oxygen atoms in total. The highest BCUT2D eigenvalue weighted by Crippen LogP contribution is 2.12. The van der Waals surface area contributed by atoms with Crippen molar-refractivity contribution in [2.45, 2.75) is 19.3 Å². The van der Waals surface area contributed by atoms with Crippen molar-refractivity contribution in [3.63, 3.8) is 0 Å². The zero-order valence-electron chi connectivity index (χ0n) is 8.24. The molecule has 0 aliphatic carbocycles. The number of ether oxygens (including phenoxy) is 1. The minimum Gasteiger partial charge on any atom is -0.464 e. The van der Waals surface area contributed by atoms with Gasteiger partial charge in [-0.3, -0.25) is 4.79 Å². The lowest BCUT2D eigenvalue weighted by atomic mass is 10.0. The highest BCUT2D eigenvalue weighted by atomic mass is 16.5. The highest BCUT2D eigenvalue weighted by Gasteiger charge is 2.16. The number of carbonyl (C=O) groups is 1. The van der Waals surface area contributed by atoms with Crippen LogP contribution < -0.4 is 0 Å². The van der Waals surface area contributed by atoms with E-state index in [1.807, 2.05) is 6.07 Å². The van der Waals surface area contributed by atoms with Crippen molar-refractivity contribution in [3.8, 4) is 6.07 Å². The SMILES string of the molecule is C=CCC(CC=C)C(=O)OCCC#N. The zero-order chi connectivity index (χ0) is 10.8. The molecule has 0 rings (SSSR count). The van der Waals surface area contributed by atoms with E-state index in [9.17, 15) is 4.79 Å². The Labute approximate surface area is 84.7 Å². The molecule has 0 radical (unpaired) electrons. The summed E-state index contributed by atoms with van der Waals surface area (Å²) in [6.45, 7) is 7.30. The number of hydrogen-bond acceptors (Lipinski definition) is 3. The van der Waals surface area contributed by atoms with E-state index in [4.69, 9.17) is 10.00 Å². The summed E-state index contributed by atoms with van der Waals surface area (Å²) >= 11 is 0. The molecule has 0 heterocycles. The first-order chi connectivity index (χ1) is 6.76. The summed E-state index contributed by atoms with van der Waals surface area (Å²) in [4.78, 5) is 11.4. The summed E-state index contributed by atoms with van der Waals surface area (Å²) in [7, 11) is 0. The molecule has 0 amide bonds. The van der Waals surface area contributed by atoms with Crippen molar-refractivity contribution >= 4 is 5.97 Å². The predicted octanol–water partition coefficient (Wildman–Crippen LogP) is 2.21. The van der Waals surface area contributed by atoms with Crippen molar-refractivity contribution < 1.29 is 9.53 Å². The monoisotopic (exact) mass is 193 g/mol. The number of hydrogen-bond donors (Lipinski definition) is 0. The van der Waals surface area contributed by atoms with Crippen LogP contribution in [0.3, 0.4) is 0 Å². The fourth-order valence-corrected chi connectivity index (χ4v) is 1.01. The van der Waals surface area contributed by atoms with E-state index < -0.39 is 0 Å². The van der Waals surface area contributed by atoms with Gasteiger partial charge in [0.25, 0.3) is 0 Å². The Bertz CT molecular complexity index is 230. The number of carbonyl (C=O) groups excluding carboxylic acids is 1.